The first-order chi connectivity index (χ1) is 17.7. The minimum atomic E-state index is -4.04. The molecular formula is C27H24Cl2N4O3S. The normalized spacial score (nSPS) is 11.6. The average Bonchev–Trinajstić information content (AvgIpc) is 3.16. The number of nitrogens with one attached hydrogen (secondary N) is 1. The number of sulfonamides is 1. The lowest BCUT2D eigenvalue weighted by Crippen LogP contribution is -2.39. The summed E-state index contributed by atoms with van der Waals surface area (Å²) in [7, 11) is -4.04. The number of para-hydroxylation sites is 1. The highest BCUT2D eigenvalue weighted by molar-refractivity contribution is 7.92. The molecule has 0 spiro atoms. The van der Waals surface area contributed by atoms with Crippen LogP contribution < -0.4 is 9.73 Å². The van der Waals surface area contributed by atoms with Gasteiger partial charge in [0.1, 0.15) is 6.54 Å². The second-order valence-corrected chi connectivity index (χ2v) is 11.0. The molecule has 37 heavy (non-hydrogen) atoms. The first kappa shape index (κ1) is 26.5. The summed E-state index contributed by atoms with van der Waals surface area (Å²) in [6, 6.07) is 23.6. The van der Waals surface area contributed by atoms with Gasteiger partial charge in [0, 0.05) is 32.7 Å². The Hall–Kier alpha value is -3.59. The van der Waals surface area contributed by atoms with E-state index in [2.05, 4.69) is 10.5 Å². The first-order valence-electron chi connectivity index (χ1n) is 11.3. The van der Waals surface area contributed by atoms with E-state index in [0.717, 1.165) is 26.9 Å². The molecular weight excluding hydrogens is 531 g/mol. The van der Waals surface area contributed by atoms with Crippen LogP contribution in [0.5, 0.6) is 0 Å². The molecule has 0 bridgehead atoms. The Morgan fingerprint density at radius 2 is 1.65 bits per heavy atom. The number of carbonyl (C=O) groups excluding carboxylic acids is 1. The third kappa shape index (κ3) is 6.05. The number of hydrogen-bond donors (Lipinski definition) is 1. The summed E-state index contributed by atoms with van der Waals surface area (Å²) in [5.41, 5.74) is 6.38. The standard InChI is InChI=1S/C27H24Cl2N4O3S/c1-19-15-21(20(2)33(19)25-10-6-7-23(29)16-25)17-30-31-27(34)18-32(24-8-4-3-5-9-24)37(35,36)26-13-11-22(28)12-14-26/h3-17H,18H2,1-2H3,(H,31,34)/b30-17-. The minimum Gasteiger partial charge on any atom is -0.318 e. The maximum Gasteiger partial charge on any atom is 0.264 e. The number of aromatic nitrogens is 1. The van der Waals surface area contributed by atoms with Crippen molar-refractivity contribution in [2.75, 3.05) is 10.8 Å². The number of hydrazone groups is 1. The zero-order chi connectivity index (χ0) is 26.6. The third-order valence-electron chi connectivity index (χ3n) is 5.66. The minimum absolute atomic E-state index is 0.0190. The van der Waals surface area contributed by atoms with E-state index in [1.165, 1.54) is 30.5 Å². The summed E-state index contributed by atoms with van der Waals surface area (Å²) in [6.45, 7) is 3.43. The van der Waals surface area contributed by atoms with Crippen molar-refractivity contribution >= 4 is 51.0 Å². The fourth-order valence-electron chi connectivity index (χ4n) is 3.91. The molecule has 0 fully saturated rings. The van der Waals surface area contributed by atoms with Crippen LogP contribution in [0.15, 0.2) is 94.9 Å². The van der Waals surface area contributed by atoms with E-state index < -0.39 is 22.5 Å². The van der Waals surface area contributed by atoms with Crippen LogP contribution in [0.3, 0.4) is 0 Å². The van der Waals surface area contributed by atoms with Crippen molar-refractivity contribution in [3.8, 4) is 5.69 Å². The molecule has 1 N–H and O–H groups in total. The summed E-state index contributed by atoms with van der Waals surface area (Å²) in [4.78, 5) is 12.8. The van der Waals surface area contributed by atoms with Crippen molar-refractivity contribution in [2.24, 2.45) is 5.10 Å². The highest BCUT2D eigenvalue weighted by atomic mass is 35.5. The number of carbonyl (C=O) groups is 1. The largest absolute Gasteiger partial charge is 0.318 e. The quantitative estimate of drug-likeness (QED) is 0.222. The van der Waals surface area contributed by atoms with Gasteiger partial charge in [-0.05, 0) is 74.5 Å². The molecule has 0 saturated heterocycles. The van der Waals surface area contributed by atoms with Gasteiger partial charge in [0.2, 0.25) is 0 Å². The predicted molar refractivity (Wildman–Crippen MR) is 148 cm³/mol. The lowest BCUT2D eigenvalue weighted by atomic mass is 10.2. The number of halogens is 2. The molecule has 10 heteroatoms. The third-order valence-corrected chi connectivity index (χ3v) is 7.94. The summed E-state index contributed by atoms with van der Waals surface area (Å²) < 4.78 is 29.8. The fourth-order valence-corrected chi connectivity index (χ4v) is 5.65. The van der Waals surface area contributed by atoms with Gasteiger partial charge in [-0.3, -0.25) is 9.10 Å². The summed E-state index contributed by atoms with van der Waals surface area (Å²) >= 11 is 12.1. The molecule has 1 amide bonds. The van der Waals surface area contributed by atoms with E-state index in [4.69, 9.17) is 23.2 Å². The number of benzene rings is 3. The van der Waals surface area contributed by atoms with Crippen molar-refractivity contribution in [1.82, 2.24) is 9.99 Å². The Labute approximate surface area is 226 Å². The summed E-state index contributed by atoms with van der Waals surface area (Å²) in [6.07, 6.45) is 1.53. The molecule has 0 aliphatic rings. The highest BCUT2D eigenvalue weighted by Crippen LogP contribution is 2.25. The molecule has 3 aromatic carbocycles. The van der Waals surface area contributed by atoms with Gasteiger partial charge in [-0.15, -0.1) is 0 Å². The van der Waals surface area contributed by atoms with Crippen molar-refractivity contribution < 1.29 is 13.2 Å². The van der Waals surface area contributed by atoms with Gasteiger partial charge in [-0.1, -0.05) is 47.5 Å². The number of nitrogens with zero attached hydrogens (tertiary/aromatic N) is 3. The van der Waals surface area contributed by atoms with Gasteiger partial charge in [0.15, 0.2) is 0 Å². The van der Waals surface area contributed by atoms with Crippen LogP contribution in [0, 0.1) is 13.8 Å². The molecule has 1 heterocycles. The zero-order valence-corrected chi connectivity index (χ0v) is 22.4. The second kappa shape index (κ2) is 11.2. The Bertz CT molecular complexity index is 1550. The van der Waals surface area contributed by atoms with Crippen LogP contribution in [0.2, 0.25) is 10.0 Å². The lowest BCUT2D eigenvalue weighted by molar-refractivity contribution is -0.119. The molecule has 4 rings (SSSR count). The van der Waals surface area contributed by atoms with Gasteiger partial charge < -0.3 is 4.57 Å². The average molecular weight is 555 g/mol. The van der Waals surface area contributed by atoms with E-state index in [-0.39, 0.29) is 4.90 Å². The molecule has 1 aromatic heterocycles. The van der Waals surface area contributed by atoms with Gasteiger partial charge >= 0.3 is 0 Å². The maximum absolute atomic E-state index is 13.4. The van der Waals surface area contributed by atoms with Crippen LogP contribution >= 0.6 is 23.2 Å². The number of rotatable bonds is 8. The second-order valence-electron chi connectivity index (χ2n) is 8.24. The number of anilines is 1. The fraction of sp³-hybridized carbons (Fsp3) is 0.111. The van der Waals surface area contributed by atoms with Crippen LogP contribution in [-0.4, -0.2) is 31.7 Å². The van der Waals surface area contributed by atoms with Gasteiger partial charge in [0.25, 0.3) is 15.9 Å². The Balaban J connectivity index is 1.53. The van der Waals surface area contributed by atoms with Gasteiger partial charge in [0.05, 0.1) is 16.8 Å². The molecule has 4 aromatic rings. The topological polar surface area (TPSA) is 83.8 Å². The zero-order valence-electron chi connectivity index (χ0n) is 20.1. The van der Waals surface area contributed by atoms with Crippen molar-refractivity contribution in [1.29, 1.82) is 0 Å². The Morgan fingerprint density at radius 3 is 2.32 bits per heavy atom. The SMILES string of the molecule is Cc1cc(/C=N\NC(=O)CN(c2ccccc2)S(=O)(=O)c2ccc(Cl)cc2)c(C)n1-c1cccc(Cl)c1. The van der Waals surface area contributed by atoms with E-state index in [9.17, 15) is 13.2 Å². The highest BCUT2D eigenvalue weighted by Gasteiger charge is 2.27. The van der Waals surface area contributed by atoms with Gasteiger partial charge in [-0.2, -0.15) is 5.10 Å². The van der Waals surface area contributed by atoms with E-state index in [1.807, 2.05) is 48.7 Å². The summed E-state index contributed by atoms with van der Waals surface area (Å²) in [5.74, 6) is -0.596. The maximum atomic E-state index is 13.4. The number of amides is 1. The summed E-state index contributed by atoms with van der Waals surface area (Å²) in [5, 5.41) is 5.12. The molecule has 0 unspecified atom stereocenters. The molecule has 7 nitrogen and oxygen atoms in total. The van der Waals surface area contributed by atoms with Crippen molar-refractivity contribution in [3.63, 3.8) is 0 Å². The molecule has 0 saturated carbocycles. The van der Waals surface area contributed by atoms with Crippen LogP contribution in [0.4, 0.5) is 5.69 Å². The lowest BCUT2D eigenvalue weighted by Gasteiger charge is -2.23. The van der Waals surface area contributed by atoms with E-state index >= 15 is 0 Å². The molecule has 0 aliphatic heterocycles. The predicted octanol–water partition coefficient (Wildman–Crippen LogP) is 5.75. The number of hydrogen-bond acceptors (Lipinski definition) is 4. The first-order valence-corrected chi connectivity index (χ1v) is 13.5. The Morgan fingerprint density at radius 1 is 0.946 bits per heavy atom. The van der Waals surface area contributed by atoms with Crippen LogP contribution in [0.25, 0.3) is 5.69 Å². The molecule has 0 radical (unpaired) electrons. The monoisotopic (exact) mass is 554 g/mol. The van der Waals surface area contributed by atoms with E-state index in [0.29, 0.717) is 15.7 Å². The molecule has 190 valence electrons. The van der Waals surface area contributed by atoms with Crippen molar-refractivity contribution in [3.05, 3.63) is 112 Å². The number of aryl methyl sites for hydroxylation is 1. The van der Waals surface area contributed by atoms with Crippen molar-refractivity contribution in [2.45, 2.75) is 18.7 Å². The Kier molecular flexibility index (Phi) is 8.02. The van der Waals surface area contributed by atoms with Crippen LogP contribution in [0.1, 0.15) is 17.0 Å². The van der Waals surface area contributed by atoms with Gasteiger partial charge in [-0.25, -0.2) is 13.8 Å². The molecule has 0 aliphatic carbocycles. The van der Waals surface area contributed by atoms with Crippen LogP contribution in [-0.2, 0) is 14.8 Å². The van der Waals surface area contributed by atoms with E-state index in [1.54, 1.807) is 30.3 Å². The smallest absolute Gasteiger partial charge is 0.264 e. The molecule has 0 atom stereocenters.